The zero-order chi connectivity index (χ0) is 16.9. The lowest BCUT2D eigenvalue weighted by Crippen LogP contribution is -2.37. The maximum absolute atomic E-state index is 12.7. The number of aromatic amines is 1. The standard InChI is InChI=1S/C17H20ClN3O3/c1-23-15-6-2-5-14(18)13(15)10-19-17(22)12-4-3-7-24-16(12)11-8-20-21-9-11/h2,5-6,8-9,12,16H,3-4,7,10H2,1H3,(H,19,22)(H,20,21)/t12-,16+/m1/s1. The molecule has 128 valence electrons. The van der Waals surface area contributed by atoms with Crippen molar-refractivity contribution in [2.24, 2.45) is 5.92 Å². The van der Waals surface area contributed by atoms with Gasteiger partial charge in [-0.2, -0.15) is 5.10 Å². The molecule has 2 heterocycles. The van der Waals surface area contributed by atoms with Gasteiger partial charge in [-0.05, 0) is 25.0 Å². The molecule has 2 N–H and O–H groups in total. The van der Waals surface area contributed by atoms with E-state index in [0.717, 1.165) is 24.0 Å². The van der Waals surface area contributed by atoms with Crippen molar-refractivity contribution in [3.05, 3.63) is 46.7 Å². The van der Waals surface area contributed by atoms with Crippen LogP contribution in [-0.4, -0.2) is 29.8 Å². The Morgan fingerprint density at radius 2 is 2.42 bits per heavy atom. The number of aromatic nitrogens is 2. The molecule has 1 saturated heterocycles. The van der Waals surface area contributed by atoms with Crippen molar-refractivity contribution in [1.82, 2.24) is 15.5 Å². The Morgan fingerprint density at radius 1 is 1.54 bits per heavy atom. The first-order valence-electron chi connectivity index (χ1n) is 7.90. The summed E-state index contributed by atoms with van der Waals surface area (Å²) in [6.07, 6.45) is 4.84. The smallest absolute Gasteiger partial charge is 0.226 e. The van der Waals surface area contributed by atoms with Crippen LogP contribution in [0.2, 0.25) is 5.02 Å². The van der Waals surface area contributed by atoms with Crippen LogP contribution >= 0.6 is 11.6 Å². The highest BCUT2D eigenvalue weighted by Crippen LogP contribution is 2.33. The lowest BCUT2D eigenvalue weighted by atomic mass is 9.90. The van der Waals surface area contributed by atoms with Gasteiger partial charge in [-0.15, -0.1) is 0 Å². The first-order valence-corrected chi connectivity index (χ1v) is 8.28. The van der Waals surface area contributed by atoms with Gasteiger partial charge in [0.15, 0.2) is 0 Å². The normalized spacial score (nSPS) is 20.6. The molecule has 0 bridgehead atoms. The van der Waals surface area contributed by atoms with E-state index in [9.17, 15) is 4.79 Å². The van der Waals surface area contributed by atoms with Gasteiger partial charge in [0.25, 0.3) is 0 Å². The second-order valence-corrected chi connectivity index (χ2v) is 6.12. The molecule has 6 nitrogen and oxygen atoms in total. The number of halogens is 1. The number of nitrogens with one attached hydrogen (secondary N) is 2. The zero-order valence-corrected chi connectivity index (χ0v) is 14.2. The summed E-state index contributed by atoms with van der Waals surface area (Å²) >= 11 is 6.22. The number of H-pyrrole nitrogens is 1. The average Bonchev–Trinajstić information content (AvgIpc) is 3.14. The van der Waals surface area contributed by atoms with E-state index in [4.69, 9.17) is 21.1 Å². The summed E-state index contributed by atoms with van der Waals surface area (Å²) < 4.78 is 11.1. The Kier molecular flexibility index (Phi) is 5.37. The van der Waals surface area contributed by atoms with Gasteiger partial charge in [-0.25, -0.2) is 0 Å². The molecular weight excluding hydrogens is 330 g/mol. The van der Waals surface area contributed by atoms with Crippen molar-refractivity contribution in [2.45, 2.75) is 25.5 Å². The molecule has 0 aliphatic carbocycles. The predicted octanol–water partition coefficient (Wildman–Crippen LogP) is 2.86. The van der Waals surface area contributed by atoms with Gasteiger partial charge in [0.05, 0.1) is 25.3 Å². The maximum atomic E-state index is 12.7. The van der Waals surface area contributed by atoms with E-state index in [1.807, 2.05) is 12.1 Å². The molecule has 0 saturated carbocycles. The molecule has 1 aliphatic rings. The molecule has 1 fully saturated rings. The summed E-state index contributed by atoms with van der Waals surface area (Å²) in [6, 6.07) is 5.42. The Hall–Kier alpha value is -2.05. The van der Waals surface area contributed by atoms with Crippen LogP contribution in [0.1, 0.15) is 30.1 Å². The SMILES string of the molecule is COc1cccc(Cl)c1CNC(=O)[C@@H]1CCCO[C@H]1c1cn[nH]c1. The molecule has 3 rings (SSSR count). The molecule has 2 atom stereocenters. The Morgan fingerprint density at radius 3 is 3.17 bits per heavy atom. The first-order chi connectivity index (χ1) is 11.7. The first kappa shape index (κ1) is 16.8. The van der Waals surface area contributed by atoms with Crippen LogP contribution in [0, 0.1) is 5.92 Å². The number of rotatable bonds is 5. The van der Waals surface area contributed by atoms with Crippen molar-refractivity contribution in [1.29, 1.82) is 0 Å². The maximum Gasteiger partial charge on any atom is 0.226 e. The monoisotopic (exact) mass is 349 g/mol. The summed E-state index contributed by atoms with van der Waals surface area (Å²) in [5.41, 5.74) is 1.66. The van der Waals surface area contributed by atoms with E-state index >= 15 is 0 Å². The molecule has 0 unspecified atom stereocenters. The lowest BCUT2D eigenvalue weighted by Gasteiger charge is -2.30. The van der Waals surface area contributed by atoms with E-state index in [1.165, 1.54) is 0 Å². The lowest BCUT2D eigenvalue weighted by molar-refractivity contribution is -0.134. The second kappa shape index (κ2) is 7.68. The fourth-order valence-corrected chi connectivity index (χ4v) is 3.24. The Balaban J connectivity index is 1.70. The highest BCUT2D eigenvalue weighted by molar-refractivity contribution is 6.31. The van der Waals surface area contributed by atoms with Crippen LogP contribution in [0.5, 0.6) is 5.75 Å². The van der Waals surface area contributed by atoms with Gasteiger partial charge in [0.2, 0.25) is 5.91 Å². The number of benzene rings is 1. The van der Waals surface area contributed by atoms with Crippen molar-refractivity contribution >= 4 is 17.5 Å². The third kappa shape index (κ3) is 3.55. The van der Waals surface area contributed by atoms with Gasteiger partial charge >= 0.3 is 0 Å². The number of carbonyl (C=O) groups is 1. The number of methoxy groups -OCH3 is 1. The second-order valence-electron chi connectivity index (χ2n) is 5.71. The van der Waals surface area contributed by atoms with E-state index < -0.39 is 0 Å². The van der Waals surface area contributed by atoms with Crippen LogP contribution in [0.4, 0.5) is 0 Å². The van der Waals surface area contributed by atoms with Crippen LogP contribution < -0.4 is 10.1 Å². The third-order valence-electron chi connectivity index (χ3n) is 4.24. The van der Waals surface area contributed by atoms with Crippen molar-refractivity contribution in [2.75, 3.05) is 13.7 Å². The fourth-order valence-electron chi connectivity index (χ4n) is 3.00. The predicted molar refractivity (Wildman–Crippen MR) is 89.9 cm³/mol. The number of hydrogen-bond donors (Lipinski definition) is 2. The van der Waals surface area contributed by atoms with Crippen molar-refractivity contribution < 1.29 is 14.3 Å². The summed E-state index contributed by atoms with van der Waals surface area (Å²) in [5, 5.41) is 10.3. The van der Waals surface area contributed by atoms with E-state index in [0.29, 0.717) is 23.9 Å². The molecule has 0 radical (unpaired) electrons. The van der Waals surface area contributed by atoms with E-state index in [-0.39, 0.29) is 17.9 Å². The highest BCUT2D eigenvalue weighted by atomic mass is 35.5. The molecule has 0 spiro atoms. The molecule has 24 heavy (non-hydrogen) atoms. The van der Waals surface area contributed by atoms with Crippen LogP contribution in [0.25, 0.3) is 0 Å². The van der Waals surface area contributed by atoms with Crippen LogP contribution in [0.3, 0.4) is 0 Å². The topological polar surface area (TPSA) is 76.2 Å². The average molecular weight is 350 g/mol. The summed E-state index contributed by atoms with van der Waals surface area (Å²) in [4.78, 5) is 12.7. The van der Waals surface area contributed by atoms with Crippen LogP contribution in [-0.2, 0) is 16.1 Å². The quantitative estimate of drug-likeness (QED) is 0.870. The van der Waals surface area contributed by atoms with Gasteiger partial charge in [-0.3, -0.25) is 9.89 Å². The number of ether oxygens (including phenoxy) is 2. The number of hydrogen-bond acceptors (Lipinski definition) is 4. The minimum Gasteiger partial charge on any atom is -0.496 e. The van der Waals surface area contributed by atoms with E-state index in [2.05, 4.69) is 15.5 Å². The van der Waals surface area contributed by atoms with Crippen LogP contribution in [0.15, 0.2) is 30.6 Å². The molecule has 1 amide bonds. The molecule has 1 aliphatic heterocycles. The van der Waals surface area contributed by atoms with Crippen molar-refractivity contribution in [3.8, 4) is 5.75 Å². The van der Waals surface area contributed by atoms with Crippen molar-refractivity contribution in [3.63, 3.8) is 0 Å². The van der Waals surface area contributed by atoms with E-state index in [1.54, 1.807) is 25.6 Å². The summed E-state index contributed by atoms with van der Waals surface area (Å²) in [6.45, 7) is 0.967. The summed E-state index contributed by atoms with van der Waals surface area (Å²) in [5.74, 6) is 0.363. The molecule has 1 aromatic carbocycles. The molecule has 7 heteroatoms. The van der Waals surface area contributed by atoms with Gasteiger partial charge in [0, 0.05) is 35.5 Å². The highest BCUT2D eigenvalue weighted by Gasteiger charge is 2.33. The Bertz CT molecular complexity index is 690. The molecular formula is C17H20ClN3O3. The number of nitrogens with zero attached hydrogens (tertiary/aromatic N) is 1. The van der Waals surface area contributed by atoms with Gasteiger partial charge < -0.3 is 14.8 Å². The molecule has 2 aromatic rings. The zero-order valence-electron chi connectivity index (χ0n) is 13.4. The number of amides is 1. The van der Waals surface area contributed by atoms with Gasteiger partial charge in [0.1, 0.15) is 5.75 Å². The minimum atomic E-state index is -0.273. The van der Waals surface area contributed by atoms with Gasteiger partial charge in [-0.1, -0.05) is 17.7 Å². The minimum absolute atomic E-state index is 0.0529. The number of carbonyl (C=O) groups excluding carboxylic acids is 1. The Labute approximate surface area is 145 Å². The fraction of sp³-hybridized carbons (Fsp3) is 0.412. The largest absolute Gasteiger partial charge is 0.496 e. The third-order valence-corrected chi connectivity index (χ3v) is 4.60. The summed E-state index contributed by atoms with van der Waals surface area (Å²) in [7, 11) is 1.58. The molecule has 1 aromatic heterocycles.